The lowest BCUT2D eigenvalue weighted by Gasteiger charge is -2.33. The van der Waals surface area contributed by atoms with Crippen LogP contribution < -0.4 is 5.32 Å². The van der Waals surface area contributed by atoms with Crippen LogP contribution in [0.25, 0.3) is 0 Å². The fourth-order valence-corrected chi connectivity index (χ4v) is 2.37. The maximum absolute atomic E-state index is 12.2. The maximum Gasteiger partial charge on any atom is 0.225 e. The van der Waals surface area contributed by atoms with Crippen molar-refractivity contribution in [2.75, 3.05) is 13.7 Å². The second kappa shape index (κ2) is 6.39. The first-order chi connectivity index (χ1) is 7.97. The van der Waals surface area contributed by atoms with Gasteiger partial charge in [-0.05, 0) is 25.2 Å². The van der Waals surface area contributed by atoms with Gasteiger partial charge in [-0.1, -0.05) is 33.6 Å². The Balaban J connectivity index is 2.46. The van der Waals surface area contributed by atoms with Crippen molar-refractivity contribution in [3.05, 3.63) is 0 Å². The van der Waals surface area contributed by atoms with Crippen molar-refractivity contribution in [1.82, 2.24) is 5.32 Å². The van der Waals surface area contributed by atoms with E-state index >= 15 is 0 Å². The molecular weight excluding hydrogens is 214 g/mol. The monoisotopic (exact) mass is 241 g/mol. The minimum Gasteiger partial charge on any atom is -0.385 e. The highest BCUT2D eigenvalue weighted by atomic mass is 16.5. The Hall–Kier alpha value is -0.570. The molecular formula is C14H27NO2. The highest BCUT2D eigenvalue weighted by molar-refractivity contribution is 5.82. The van der Waals surface area contributed by atoms with E-state index in [-0.39, 0.29) is 11.3 Å². The van der Waals surface area contributed by atoms with Crippen LogP contribution in [0.2, 0.25) is 0 Å². The fraction of sp³-hybridized carbons (Fsp3) is 0.929. The van der Waals surface area contributed by atoms with Crippen LogP contribution in [-0.4, -0.2) is 25.7 Å². The van der Waals surface area contributed by atoms with E-state index in [0.717, 1.165) is 12.8 Å². The van der Waals surface area contributed by atoms with Gasteiger partial charge in [-0.25, -0.2) is 0 Å². The van der Waals surface area contributed by atoms with Crippen molar-refractivity contribution in [3.63, 3.8) is 0 Å². The van der Waals surface area contributed by atoms with E-state index < -0.39 is 0 Å². The Kier molecular flexibility index (Phi) is 5.44. The number of nitrogens with one attached hydrogen (secondary N) is 1. The molecule has 0 bridgehead atoms. The number of hydrogen-bond donors (Lipinski definition) is 1. The molecule has 3 nitrogen and oxygen atoms in total. The average Bonchev–Trinajstić information content (AvgIpc) is 2.29. The van der Waals surface area contributed by atoms with Gasteiger partial charge in [0.1, 0.15) is 0 Å². The molecule has 1 aliphatic carbocycles. The molecule has 1 saturated carbocycles. The average molecular weight is 241 g/mol. The molecule has 1 aliphatic rings. The van der Waals surface area contributed by atoms with E-state index in [1.165, 1.54) is 19.3 Å². The smallest absolute Gasteiger partial charge is 0.225 e. The van der Waals surface area contributed by atoms with Gasteiger partial charge in [-0.3, -0.25) is 4.79 Å². The van der Waals surface area contributed by atoms with Crippen LogP contribution in [0.15, 0.2) is 0 Å². The summed E-state index contributed by atoms with van der Waals surface area (Å²) in [4.78, 5) is 12.2. The van der Waals surface area contributed by atoms with Crippen LogP contribution in [-0.2, 0) is 9.53 Å². The summed E-state index contributed by atoms with van der Waals surface area (Å²) >= 11 is 0. The number of methoxy groups -OCH3 is 1. The van der Waals surface area contributed by atoms with Crippen molar-refractivity contribution in [1.29, 1.82) is 0 Å². The minimum absolute atomic E-state index is 0.174. The lowest BCUT2D eigenvalue weighted by Crippen LogP contribution is -2.47. The van der Waals surface area contributed by atoms with E-state index in [1.807, 2.05) is 13.8 Å². The Morgan fingerprint density at radius 1 is 1.35 bits per heavy atom. The minimum atomic E-state index is -0.326. The van der Waals surface area contributed by atoms with Crippen LogP contribution in [0.1, 0.15) is 52.9 Å². The zero-order chi connectivity index (χ0) is 12.9. The lowest BCUT2D eigenvalue weighted by atomic mass is 9.83. The normalized spacial score (nSPS) is 25.6. The number of carbonyl (C=O) groups is 1. The predicted octanol–water partition coefficient (Wildman–Crippen LogP) is 2.74. The van der Waals surface area contributed by atoms with E-state index in [2.05, 4.69) is 12.2 Å². The molecule has 0 aliphatic heterocycles. The van der Waals surface area contributed by atoms with Gasteiger partial charge in [-0.15, -0.1) is 0 Å². The first-order valence-electron chi connectivity index (χ1n) is 6.77. The molecule has 0 spiro atoms. The Labute approximate surface area is 105 Å². The number of rotatable bonds is 5. The zero-order valence-electron chi connectivity index (χ0n) is 11.7. The third kappa shape index (κ3) is 4.30. The molecule has 0 saturated heterocycles. The number of amides is 1. The van der Waals surface area contributed by atoms with Gasteiger partial charge in [0.15, 0.2) is 0 Å². The molecule has 0 aromatic rings. The number of carbonyl (C=O) groups excluding carboxylic acids is 1. The fourth-order valence-electron chi connectivity index (χ4n) is 2.37. The molecule has 0 radical (unpaired) electrons. The van der Waals surface area contributed by atoms with Gasteiger partial charge in [0.25, 0.3) is 0 Å². The van der Waals surface area contributed by atoms with Gasteiger partial charge in [0.2, 0.25) is 5.91 Å². The summed E-state index contributed by atoms with van der Waals surface area (Å²) in [7, 11) is 1.68. The first-order valence-corrected chi connectivity index (χ1v) is 6.77. The van der Waals surface area contributed by atoms with E-state index in [9.17, 15) is 4.79 Å². The molecule has 2 unspecified atom stereocenters. The summed E-state index contributed by atoms with van der Waals surface area (Å²) in [6.45, 7) is 6.87. The summed E-state index contributed by atoms with van der Waals surface area (Å²) in [6, 6.07) is 0.373. The zero-order valence-corrected chi connectivity index (χ0v) is 11.7. The summed E-state index contributed by atoms with van der Waals surface area (Å²) in [6.07, 6.45) is 5.70. The lowest BCUT2D eigenvalue weighted by molar-refractivity contribution is -0.131. The van der Waals surface area contributed by atoms with Gasteiger partial charge < -0.3 is 10.1 Å². The largest absolute Gasteiger partial charge is 0.385 e. The second-order valence-corrected chi connectivity index (χ2v) is 5.97. The molecule has 0 aromatic heterocycles. The topological polar surface area (TPSA) is 38.3 Å². The van der Waals surface area contributed by atoms with Crippen molar-refractivity contribution in [2.45, 2.75) is 58.9 Å². The molecule has 1 rings (SSSR count). The maximum atomic E-state index is 12.2. The number of hydrogen-bond acceptors (Lipinski definition) is 2. The summed E-state index contributed by atoms with van der Waals surface area (Å²) < 4.78 is 5.06. The molecule has 1 amide bonds. The van der Waals surface area contributed by atoms with Crippen molar-refractivity contribution in [3.8, 4) is 0 Å². The van der Waals surface area contributed by atoms with Crippen molar-refractivity contribution >= 4 is 5.91 Å². The van der Waals surface area contributed by atoms with Gasteiger partial charge in [0, 0.05) is 25.2 Å². The summed E-state index contributed by atoms with van der Waals surface area (Å²) in [5.41, 5.74) is -0.326. The first kappa shape index (κ1) is 14.5. The summed E-state index contributed by atoms with van der Waals surface area (Å²) in [5.74, 6) is 0.791. The van der Waals surface area contributed by atoms with Gasteiger partial charge >= 0.3 is 0 Å². The SMILES string of the molecule is COCCC(C)(C)C(=O)NC1CCCCC1C. The second-order valence-electron chi connectivity index (χ2n) is 5.97. The molecule has 0 heterocycles. The Bertz CT molecular complexity index is 251. The van der Waals surface area contributed by atoms with E-state index in [1.54, 1.807) is 7.11 Å². The van der Waals surface area contributed by atoms with Crippen molar-refractivity contribution < 1.29 is 9.53 Å². The standard InChI is InChI=1S/C14H27NO2/c1-11-7-5-6-8-12(11)15-13(16)14(2,3)9-10-17-4/h11-12H,5-10H2,1-4H3,(H,15,16). The predicted molar refractivity (Wildman–Crippen MR) is 69.8 cm³/mol. The van der Waals surface area contributed by atoms with Crippen LogP contribution in [0.4, 0.5) is 0 Å². The highest BCUT2D eigenvalue weighted by Crippen LogP contribution is 2.26. The molecule has 2 atom stereocenters. The summed E-state index contributed by atoms with van der Waals surface area (Å²) in [5, 5.41) is 3.22. The Morgan fingerprint density at radius 2 is 2.00 bits per heavy atom. The van der Waals surface area contributed by atoms with Crippen molar-refractivity contribution in [2.24, 2.45) is 11.3 Å². The van der Waals surface area contributed by atoms with E-state index in [4.69, 9.17) is 4.74 Å². The number of ether oxygens (including phenoxy) is 1. The van der Waals surface area contributed by atoms with Crippen LogP contribution in [0.3, 0.4) is 0 Å². The third-order valence-corrected chi connectivity index (χ3v) is 3.97. The Morgan fingerprint density at radius 3 is 2.59 bits per heavy atom. The molecule has 100 valence electrons. The molecule has 3 heteroatoms. The van der Waals surface area contributed by atoms with Crippen LogP contribution in [0, 0.1) is 11.3 Å². The van der Waals surface area contributed by atoms with Gasteiger partial charge in [-0.2, -0.15) is 0 Å². The molecule has 1 fully saturated rings. The molecule has 17 heavy (non-hydrogen) atoms. The third-order valence-electron chi connectivity index (χ3n) is 3.97. The highest BCUT2D eigenvalue weighted by Gasteiger charge is 2.31. The molecule has 1 N–H and O–H groups in total. The van der Waals surface area contributed by atoms with Crippen LogP contribution >= 0.6 is 0 Å². The van der Waals surface area contributed by atoms with Gasteiger partial charge in [0.05, 0.1) is 0 Å². The molecule has 0 aromatic carbocycles. The van der Waals surface area contributed by atoms with Crippen LogP contribution in [0.5, 0.6) is 0 Å². The quantitative estimate of drug-likeness (QED) is 0.803. The van der Waals surface area contributed by atoms with E-state index in [0.29, 0.717) is 18.6 Å².